The second kappa shape index (κ2) is 8.97. The molecule has 0 aliphatic carbocycles. The minimum Gasteiger partial charge on any atom is -0.322 e. The van der Waals surface area contributed by atoms with Crippen LogP contribution in [-0.4, -0.2) is 40.2 Å². The molecule has 2 aromatic carbocycles. The zero-order valence-electron chi connectivity index (χ0n) is 19.6. The number of nitrogens with one attached hydrogen (secondary N) is 1. The number of nitrogens with zero attached hydrogens (tertiary/aromatic N) is 1. The van der Waals surface area contributed by atoms with Crippen molar-refractivity contribution in [2.24, 2.45) is 0 Å². The SMILES string of the molecule is CC(C)(C)c1cccc(C(=O)C(=O)CCc2ccc3c(c2)CN(C2CCC(=O)NC2=O)C3=O)c1. The van der Waals surface area contributed by atoms with Crippen LogP contribution in [0.25, 0.3) is 0 Å². The number of rotatable bonds is 6. The van der Waals surface area contributed by atoms with E-state index in [1.807, 2.05) is 12.1 Å². The van der Waals surface area contributed by atoms with Gasteiger partial charge in [0.1, 0.15) is 6.04 Å². The Bertz CT molecular complexity index is 1210. The van der Waals surface area contributed by atoms with Gasteiger partial charge in [0.05, 0.1) is 0 Å². The third-order valence-electron chi connectivity index (χ3n) is 6.47. The molecule has 0 bridgehead atoms. The quantitative estimate of drug-likeness (QED) is 0.406. The molecule has 1 N–H and O–H groups in total. The van der Waals surface area contributed by atoms with Gasteiger partial charge in [-0.25, -0.2) is 0 Å². The molecule has 0 aromatic heterocycles. The van der Waals surface area contributed by atoms with Gasteiger partial charge in [0.25, 0.3) is 5.91 Å². The first-order valence-corrected chi connectivity index (χ1v) is 11.5. The Morgan fingerprint density at radius 3 is 2.53 bits per heavy atom. The number of fused-ring (bicyclic) bond motifs is 1. The van der Waals surface area contributed by atoms with E-state index in [1.165, 1.54) is 4.90 Å². The highest BCUT2D eigenvalue weighted by Crippen LogP contribution is 2.29. The van der Waals surface area contributed by atoms with Crippen LogP contribution in [0.1, 0.15) is 77.4 Å². The molecule has 0 radical (unpaired) electrons. The van der Waals surface area contributed by atoms with E-state index in [1.54, 1.807) is 30.3 Å². The Morgan fingerprint density at radius 1 is 1.06 bits per heavy atom. The number of carbonyl (C=O) groups is 5. The Kier molecular flexibility index (Phi) is 6.21. The molecule has 1 unspecified atom stereocenters. The summed E-state index contributed by atoms with van der Waals surface area (Å²) in [5.41, 5.74) is 3.43. The van der Waals surface area contributed by atoms with Crippen LogP contribution in [-0.2, 0) is 32.8 Å². The number of piperidine rings is 1. The summed E-state index contributed by atoms with van der Waals surface area (Å²) in [6.45, 7) is 6.44. The Balaban J connectivity index is 1.41. The third kappa shape index (κ3) is 4.69. The molecule has 7 heteroatoms. The summed E-state index contributed by atoms with van der Waals surface area (Å²) in [4.78, 5) is 63.2. The van der Waals surface area contributed by atoms with Gasteiger partial charge in [0, 0.05) is 30.5 Å². The molecular formula is C27H28N2O5. The highest BCUT2D eigenvalue weighted by molar-refractivity contribution is 6.43. The molecule has 7 nitrogen and oxygen atoms in total. The Labute approximate surface area is 198 Å². The standard InChI is InChI=1S/C27H28N2O5/c1-27(2,3)19-6-4-5-17(14-19)24(32)22(30)11-8-16-7-9-20-18(13-16)15-29(26(20)34)21-10-12-23(31)28-25(21)33/h4-7,9,13-14,21H,8,10-12,15H2,1-3H3,(H,28,31,33). The van der Waals surface area contributed by atoms with Gasteiger partial charge in [-0.1, -0.05) is 51.1 Å². The molecule has 2 aromatic rings. The molecule has 0 spiro atoms. The van der Waals surface area contributed by atoms with Crippen molar-refractivity contribution in [2.45, 2.75) is 64.5 Å². The van der Waals surface area contributed by atoms with Crippen molar-refractivity contribution in [1.82, 2.24) is 10.2 Å². The predicted molar refractivity (Wildman–Crippen MR) is 125 cm³/mol. The van der Waals surface area contributed by atoms with Crippen molar-refractivity contribution in [3.8, 4) is 0 Å². The number of benzene rings is 2. The van der Waals surface area contributed by atoms with Gasteiger partial charge in [-0.2, -0.15) is 0 Å². The fourth-order valence-corrected chi connectivity index (χ4v) is 4.44. The molecule has 1 fully saturated rings. The van der Waals surface area contributed by atoms with E-state index in [4.69, 9.17) is 0 Å². The Morgan fingerprint density at radius 2 is 1.82 bits per heavy atom. The summed E-state index contributed by atoms with van der Waals surface area (Å²) in [5.74, 6) is -1.95. The van der Waals surface area contributed by atoms with Gasteiger partial charge in [0.2, 0.25) is 23.4 Å². The van der Waals surface area contributed by atoms with E-state index in [0.29, 0.717) is 24.0 Å². The number of ketones is 2. The van der Waals surface area contributed by atoms with Crippen molar-refractivity contribution in [3.63, 3.8) is 0 Å². The lowest BCUT2D eigenvalue weighted by molar-refractivity contribution is -0.136. The minimum atomic E-state index is -0.663. The van der Waals surface area contributed by atoms with Gasteiger partial charge in [-0.05, 0) is 47.1 Å². The molecule has 2 aliphatic rings. The minimum absolute atomic E-state index is 0.0716. The number of imide groups is 1. The van der Waals surface area contributed by atoms with E-state index in [0.717, 1.165) is 16.7 Å². The summed E-state index contributed by atoms with van der Waals surface area (Å²) in [5, 5.41) is 2.29. The van der Waals surface area contributed by atoms with Gasteiger partial charge in [0.15, 0.2) is 0 Å². The average molecular weight is 461 g/mol. The summed E-state index contributed by atoms with van der Waals surface area (Å²) >= 11 is 0. The largest absolute Gasteiger partial charge is 0.322 e. The van der Waals surface area contributed by atoms with Crippen LogP contribution in [0, 0.1) is 0 Å². The van der Waals surface area contributed by atoms with Crippen LogP contribution >= 0.6 is 0 Å². The fraction of sp³-hybridized carbons (Fsp3) is 0.370. The summed E-state index contributed by atoms with van der Waals surface area (Å²) in [7, 11) is 0. The lowest BCUT2D eigenvalue weighted by Crippen LogP contribution is -2.52. The van der Waals surface area contributed by atoms with E-state index >= 15 is 0 Å². The summed E-state index contributed by atoms with van der Waals surface area (Å²) in [6.07, 6.45) is 0.965. The van der Waals surface area contributed by atoms with Crippen molar-refractivity contribution >= 4 is 29.3 Å². The fourth-order valence-electron chi connectivity index (χ4n) is 4.44. The van der Waals surface area contributed by atoms with Crippen LogP contribution in [0.3, 0.4) is 0 Å². The topological polar surface area (TPSA) is 101 Å². The molecule has 3 amide bonds. The number of aryl methyl sites for hydroxylation is 1. The third-order valence-corrected chi connectivity index (χ3v) is 6.47. The van der Waals surface area contributed by atoms with Gasteiger partial charge < -0.3 is 4.90 Å². The van der Waals surface area contributed by atoms with E-state index in [2.05, 4.69) is 26.1 Å². The normalized spacial score (nSPS) is 18.0. The lowest BCUT2D eigenvalue weighted by atomic mass is 9.85. The number of amides is 3. The zero-order valence-corrected chi connectivity index (χ0v) is 19.6. The van der Waals surface area contributed by atoms with Crippen LogP contribution < -0.4 is 5.32 Å². The smallest absolute Gasteiger partial charge is 0.255 e. The molecule has 2 aliphatic heterocycles. The van der Waals surface area contributed by atoms with E-state index in [-0.39, 0.29) is 36.6 Å². The maximum absolute atomic E-state index is 12.8. The van der Waals surface area contributed by atoms with Crippen molar-refractivity contribution in [3.05, 3.63) is 70.3 Å². The first-order chi connectivity index (χ1) is 16.0. The second-order valence-corrected chi connectivity index (χ2v) is 9.97. The van der Waals surface area contributed by atoms with Crippen LogP contribution in [0.15, 0.2) is 42.5 Å². The highest BCUT2D eigenvalue weighted by atomic mass is 16.2. The van der Waals surface area contributed by atoms with Gasteiger partial charge >= 0.3 is 0 Å². The number of Topliss-reactive ketones (excluding diaryl/α,β-unsaturated/α-hetero) is 2. The maximum Gasteiger partial charge on any atom is 0.255 e. The van der Waals surface area contributed by atoms with Crippen LogP contribution in [0.4, 0.5) is 0 Å². The molecule has 4 rings (SSSR count). The number of hydrogen-bond donors (Lipinski definition) is 1. The number of hydrogen-bond acceptors (Lipinski definition) is 5. The van der Waals surface area contributed by atoms with Gasteiger partial charge in [-0.15, -0.1) is 0 Å². The van der Waals surface area contributed by atoms with Crippen LogP contribution in [0.5, 0.6) is 0 Å². The predicted octanol–water partition coefficient (Wildman–Crippen LogP) is 3.13. The average Bonchev–Trinajstić information content (AvgIpc) is 3.12. The van der Waals surface area contributed by atoms with Crippen molar-refractivity contribution in [1.29, 1.82) is 0 Å². The molecule has 176 valence electrons. The Hall–Kier alpha value is -3.61. The molecular weight excluding hydrogens is 432 g/mol. The molecule has 1 atom stereocenters. The molecule has 2 heterocycles. The van der Waals surface area contributed by atoms with Crippen molar-refractivity contribution < 1.29 is 24.0 Å². The summed E-state index contributed by atoms with van der Waals surface area (Å²) < 4.78 is 0. The zero-order chi connectivity index (χ0) is 24.6. The maximum atomic E-state index is 12.8. The first-order valence-electron chi connectivity index (χ1n) is 11.5. The lowest BCUT2D eigenvalue weighted by Gasteiger charge is -2.29. The monoisotopic (exact) mass is 460 g/mol. The number of carbonyl (C=O) groups excluding carboxylic acids is 5. The molecule has 34 heavy (non-hydrogen) atoms. The highest BCUT2D eigenvalue weighted by Gasteiger charge is 2.39. The second-order valence-electron chi connectivity index (χ2n) is 9.97. The van der Waals surface area contributed by atoms with Crippen molar-refractivity contribution in [2.75, 3.05) is 0 Å². The van der Waals surface area contributed by atoms with Gasteiger partial charge in [-0.3, -0.25) is 29.3 Å². The molecule has 0 saturated carbocycles. The van der Waals surface area contributed by atoms with E-state index < -0.39 is 23.5 Å². The first kappa shape index (κ1) is 23.5. The van der Waals surface area contributed by atoms with E-state index in [9.17, 15) is 24.0 Å². The summed E-state index contributed by atoms with van der Waals surface area (Å²) in [6, 6.07) is 11.9. The molecule has 1 saturated heterocycles. The van der Waals surface area contributed by atoms with Crippen LogP contribution in [0.2, 0.25) is 0 Å².